The number of hydrogen-bond donors (Lipinski definition) is 1. The van der Waals surface area contributed by atoms with Crippen LogP contribution in [-0.2, 0) is 6.54 Å². The van der Waals surface area contributed by atoms with Gasteiger partial charge in [0, 0.05) is 23.3 Å². The zero-order chi connectivity index (χ0) is 18.7. The Labute approximate surface area is 150 Å². The van der Waals surface area contributed by atoms with Crippen molar-refractivity contribution in [3.05, 3.63) is 87.1 Å². The number of anilines is 1. The average molecular weight is 350 g/mol. The summed E-state index contributed by atoms with van der Waals surface area (Å²) in [5.74, 6) is 0.110. The number of hydrogen-bond acceptors (Lipinski definition) is 4. The Morgan fingerprint density at radius 2 is 2.00 bits per heavy atom. The Balaban J connectivity index is 1.80. The molecule has 1 N–H and O–H groups in total. The molecule has 0 aliphatic heterocycles. The Bertz CT molecular complexity index is 978. The monoisotopic (exact) mass is 350 g/mol. The lowest BCUT2D eigenvalue weighted by molar-refractivity contribution is -0.385. The molecular weight excluding hydrogens is 332 g/mol. The molecule has 1 heterocycles. The van der Waals surface area contributed by atoms with Gasteiger partial charge < -0.3 is 5.32 Å². The average Bonchev–Trinajstić information content (AvgIpc) is 3.01. The fourth-order valence-corrected chi connectivity index (χ4v) is 2.68. The highest BCUT2D eigenvalue weighted by Crippen LogP contribution is 2.20. The summed E-state index contributed by atoms with van der Waals surface area (Å²) in [7, 11) is 0. The Kier molecular flexibility index (Phi) is 4.79. The van der Waals surface area contributed by atoms with Crippen molar-refractivity contribution < 1.29 is 9.72 Å². The third kappa shape index (κ3) is 3.77. The van der Waals surface area contributed by atoms with Crippen LogP contribution in [0.2, 0.25) is 0 Å². The molecule has 132 valence electrons. The zero-order valence-electron chi connectivity index (χ0n) is 14.5. The van der Waals surface area contributed by atoms with Gasteiger partial charge in [-0.1, -0.05) is 35.9 Å². The highest BCUT2D eigenvalue weighted by atomic mass is 16.6. The van der Waals surface area contributed by atoms with Gasteiger partial charge in [-0.05, 0) is 25.5 Å². The van der Waals surface area contributed by atoms with E-state index in [4.69, 9.17) is 0 Å². The van der Waals surface area contributed by atoms with Gasteiger partial charge in [0.25, 0.3) is 11.6 Å². The summed E-state index contributed by atoms with van der Waals surface area (Å²) in [6.45, 7) is 4.16. The number of carbonyl (C=O) groups excluding carboxylic acids is 1. The van der Waals surface area contributed by atoms with E-state index in [9.17, 15) is 14.9 Å². The van der Waals surface area contributed by atoms with Crippen LogP contribution in [-0.4, -0.2) is 20.6 Å². The summed E-state index contributed by atoms with van der Waals surface area (Å²) in [5, 5.41) is 18.1. The first-order valence-corrected chi connectivity index (χ1v) is 8.08. The van der Waals surface area contributed by atoms with Crippen LogP contribution in [0, 0.1) is 24.0 Å². The number of benzene rings is 2. The summed E-state index contributed by atoms with van der Waals surface area (Å²) in [4.78, 5) is 23.0. The molecule has 0 unspecified atom stereocenters. The first-order chi connectivity index (χ1) is 12.4. The molecule has 0 saturated heterocycles. The molecule has 7 heteroatoms. The van der Waals surface area contributed by atoms with E-state index >= 15 is 0 Å². The Morgan fingerprint density at radius 3 is 2.73 bits per heavy atom. The molecule has 0 aliphatic rings. The van der Waals surface area contributed by atoms with E-state index in [1.54, 1.807) is 36.0 Å². The van der Waals surface area contributed by atoms with Gasteiger partial charge in [-0.2, -0.15) is 5.10 Å². The standard InChI is InChI=1S/C19H18N4O3/c1-13-4-3-5-15(10-13)12-22-18(8-9-20-22)21-19(24)16-7-6-14(2)17(11-16)23(25)26/h3-11H,12H2,1-2H3,(H,21,24). The number of nitrogens with one attached hydrogen (secondary N) is 1. The first-order valence-electron chi connectivity index (χ1n) is 8.08. The maximum atomic E-state index is 12.5. The second kappa shape index (κ2) is 7.18. The van der Waals surface area contributed by atoms with Gasteiger partial charge in [0.05, 0.1) is 17.7 Å². The van der Waals surface area contributed by atoms with E-state index in [0.717, 1.165) is 11.1 Å². The molecule has 0 aliphatic carbocycles. The van der Waals surface area contributed by atoms with Crippen LogP contribution in [0.3, 0.4) is 0 Å². The van der Waals surface area contributed by atoms with Gasteiger partial charge >= 0.3 is 0 Å². The fraction of sp³-hybridized carbons (Fsp3) is 0.158. The van der Waals surface area contributed by atoms with Crippen molar-refractivity contribution in [2.45, 2.75) is 20.4 Å². The maximum Gasteiger partial charge on any atom is 0.273 e. The van der Waals surface area contributed by atoms with Crippen molar-refractivity contribution in [3.63, 3.8) is 0 Å². The second-order valence-corrected chi connectivity index (χ2v) is 6.08. The fourth-order valence-electron chi connectivity index (χ4n) is 2.68. The predicted octanol–water partition coefficient (Wildman–Crippen LogP) is 3.71. The molecule has 2 aromatic carbocycles. The van der Waals surface area contributed by atoms with Gasteiger partial charge in [0.2, 0.25) is 0 Å². The van der Waals surface area contributed by atoms with Crippen LogP contribution in [0.5, 0.6) is 0 Å². The van der Waals surface area contributed by atoms with Crippen molar-refractivity contribution in [1.29, 1.82) is 0 Å². The summed E-state index contributed by atoms with van der Waals surface area (Å²) in [6.07, 6.45) is 1.60. The second-order valence-electron chi connectivity index (χ2n) is 6.08. The number of aryl methyl sites for hydroxylation is 2. The van der Waals surface area contributed by atoms with Gasteiger partial charge in [-0.25, -0.2) is 4.68 Å². The summed E-state index contributed by atoms with van der Waals surface area (Å²) in [5.41, 5.74) is 2.87. The Hall–Kier alpha value is -3.48. The van der Waals surface area contributed by atoms with Crippen molar-refractivity contribution in [2.75, 3.05) is 5.32 Å². The molecule has 26 heavy (non-hydrogen) atoms. The van der Waals surface area contributed by atoms with Gasteiger partial charge in [-0.3, -0.25) is 14.9 Å². The van der Waals surface area contributed by atoms with E-state index < -0.39 is 10.8 Å². The zero-order valence-corrected chi connectivity index (χ0v) is 14.5. The lowest BCUT2D eigenvalue weighted by Crippen LogP contribution is -2.16. The van der Waals surface area contributed by atoms with E-state index in [1.807, 2.05) is 25.1 Å². The molecule has 7 nitrogen and oxygen atoms in total. The largest absolute Gasteiger partial charge is 0.307 e. The smallest absolute Gasteiger partial charge is 0.273 e. The van der Waals surface area contributed by atoms with Crippen LogP contribution in [0.25, 0.3) is 0 Å². The number of nitrogens with zero attached hydrogens (tertiary/aromatic N) is 3. The molecule has 1 aromatic heterocycles. The number of nitro benzene ring substituents is 1. The van der Waals surface area contributed by atoms with Crippen molar-refractivity contribution in [1.82, 2.24) is 9.78 Å². The quantitative estimate of drug-likeness (QED) is 0.561. The van der Waals surface area contributed by atoms with E-state index in [2.05, 4.69) is 16.5 Å². The van der Waals surface area contributed by atoms with E-state index in [-0.39, 0.29) is 11.3 Å². The lowest BCUT2D eigenvalue weighted by Gasteiger charge is -2.10. The van der Waals surface area contributed by atoms with Gasteiger partial charge in [-0.15, -0.1) is 0 Å². The number of rotatable bonds is 5. The van der Waals surface area contributed by atoms with Crippen molar-refractivity contribution in [3.8, 4) is 0 Å². The molecule has 0 spiro atoms. The first kappa shape index (κ1) is 17.3. The third-order valence-corrected chi connectivity index (χ3v) is 4.04. The molecular formula is C19H18N4O3. The predicted molar refractivity (Wildman–Crippen MR) is 98.3 cm³/mol. The van der Waals surface area contributed by atoms with Crippen molar-refractivity contribution >= 4 is 17.4 Å². The topological polar surface area (TPSA) is 90.1 Å². The van der Waals surface area contributed by atoms with Gasteiger partial charge in [0.15, 0.2) is 0 Å². The van der Waals surface area contributed by atoms with Gasteiger partial charge in [0.1, 0.15) is 5.82 Å². The number of nitro groups is 1. The minimum atomic E-state index is -0.492. The lowest BCUT2D eigenvalue weighted by atomic mass is 10.1. The van der Waals surface area contributed by atoms with Crippen LogP contribution in [0.1, 0.15) is 27.0 Å². The molecule has 0 saturated carbocycles. The summed E-state index contributed by atoms with van der Waals surface area (Å²) < 4.78 is 1.68. The summed E-state index contributed by atoms with van der Waals surface area (Å²) >= 11 is 0. The Morgan fingerprint density at radius 1 is 1.19 bits per heavy atom. The van der Waals surface area contributed by atoms with Crippen LogP contribution in [0.4, 0.5) is 11.5 Å². The number of aromatic nitrogens is 2. The number of carbonyl (C=O) groups is 1. The van der Waals surface area contributed by atoms with Crippen molar-refractivity contribution in [2.24, 2.45) is 0 Å². The highest BCUT2D eigenvalue weighted by Gasteiger charge is 2.16. The van der Waals surface area contributed by atoms with E-state index in [0.29, 0.717) is 17.9 Å². The van der Waals surface area contributed by atoms with E-state index in [1.165, 1.54) is 6.07 Å². The molecule has 3 rings (SSSR count). The van der Waals surface area contributed by atoms with Crippen LogP contribution in [0.15, 0.2) is 54.7 Å². The number of amides is 1. The minimum absolute atomic E-state index is 0.0779. The molecule has 1 amide bonds. The normalized spacial score (nSPS) is 10.5. The minimum Gasteiger partial charge on any atom is -0.307 e. The van der Waals surface area contributed by atoms with Crippen LogP contribution >= 0.6 is 0 Å². The molecule has 0 radical (unpaired) electrons. The van der Waals surface area contributed by atoms with Crippen LogP contribution < -0.4 is 5.32 Å². The molecule has 0 fully saturated rings. The molecule has 0 bridgehead atoms. The molecule has 0 atom stereocenters. The third-order valence-electron chi connectivity index (χ3n) is 4.04. The highest BCUT2D eigenvalue weighted by molar-refractivity contribution is 6.04. The SMILES string of the molecule is Cc1cccc(Cn2nccc2NC(=O)c2ccc(C)c([N+](=O)[O-])c2)c1. The summed E-state index contributed by atoms with van der Waals surface area (Å²) in [6, 6.07) is 14.1. The molecule has 3 aromatic rings. The maximum absolute atomic E-state index is 12.5.